The standard InChI is InChI=1S/C15H22N2O2/c1-10(15(18)17-13-7-8-13)16-14-6-4-5-12(9-14)11(2)19-3/h4-6,9-11,13,16H,7-8H2,1-3H3,(H,17,18)/t10-,11-/m1/s1. The fourth-order valence-corrected chi connectivity index (χ4v) is 1.89. The van der Waals surface area contributed by atoms with E-state index >= 15 is 0 Å². The van der Waals surface area contributed by atoms with Gasteiger partial charge in [-0.25, -0.2) is 0 Å². The molecule has 104 valence electrons. The van der Waals surface area contributed by atoms with Crippen LogP contribution in [0.25, 0.3) is 0 Å². The van der Waals surface area contributed by atoms with Gasteiger partial charge in [0.05, 0.1) is 6.10 Å². The molecule has 1 aromatic rings. The summed E-state index contributed by atoms with van der Waals surface area (Å²) in [5.74, 6) is 0.0627. The summed E-state index contributed by atoms with van der Waals surface area (Å²) >= 11 is 0. The number of ether oxygens (including phenoxy) is 1. The maximum absolute atomic E-state index is 11.9. The Kier molecular flexibility index (Phi) is 4.43. The summed E-state index contributed by atoms with van der Waals surface area (Å²) in [6, 6.07) is 8.15. The molecule has 0 unspecified atom stereocenters. The molecule has 2 rings (SSSR count). The molecule has 1 aliphatic rings. The van der Waals surface area contributed by atoms with Crippen LogP contribution in [-0.2, 0) is 9.53 Å². The summed E-state index contributed by atoms with van der Waals surface area (Å²) in [5, 5.41) is 6.22. The first-order chi connectivity index (χ1) is 9.10. The van der Waals surface area contributed by atoms with Crippen molar-refractivity contribution in [3.63, 3.8) is 0 Å². The van der Waals surface area contributed by atoms with Crippen molar-refractivity contribution in [1.29, 1.82) is 0 Å². The molecule has 1 aliphatic carbocycles. The summed E-state index contributed by atoms with van der Waals surface area (Å²) in [4.78, 5) is 11.9. The van der Waals surface area contributed by atoms with Crippen molar-refractivity contribution in [2.24, 2.45) is 0 Å². The van der Waals surface area contributed by atoms with Crippen molar-refractivity contribution in [2.45, 2.75) is 44.9 Å². The van der Waals surface area contributed by atoms with Crippen molar-refractivity contribution >= 4 is 11.6 Å². The average Bonchev–Trinajstić information content (AvgIpc) is 3.22. The third-order valence-electron chi connectivity index (χ3n) is 3.41. The van der Waals surface area contributed by atoms with Gasteiger partial charge < -0.3 is 15.4 Å². The van der Waals surface area contributed by atoms with Gasteiger partial charge in [0.1, 0.15) is 6.04 Å². The fraction of sp³-hybridized carbons (Fsp3) is 0.533. The molecule has 0 radical (unpaired) electrons. The number of hydrogen-bond acceptors (Lipinski definition) is 3. The molecular formula is C15H22N2O2. The predicted octanol–water partition coefficient (Wildman–Crippen LogP) is 2.47. The number of rotatable bonds is 6. The van der Waals surface area contributed by atoms with Crippen LogP contribution in [0.2, 0.25) is 0 Å². The van der Waals surface area contributed by atoms with Gasteiger partial charge in [0, 0.05) is 18.8 Å². The van der Waals surface area contributed by atoms with E-state index in [1.54, 1.807) is 7.11 Å². The zero-order chi connectivity index (χ0) is 13.8. The highest BCUT2D eigenvalue weighted by Gasteiger charge is 2.25. The van der Waals surface area contributed by atoms with Crippen molar-refractivity contribution in [1.82, 2.24) is 5.32 Å². The highest BCUT2D eigenvalue weighted by Crippen LogP contribution is 2.21. The lowest BCUT2D eigenvalue weighted by Crippen LogP contribution is -2.38. The lowest BCUT2D eigenvalue weighted by atomic mass is 10.1. The zero-order valence-corrected chi connectivity index (χ0v) is 11.8. The quantitative estimate of drug-likeness (QED) is 0.828. The third-order valence-corrected chi connectivity index (χ3v) is 3.41. The van der Waals surface area contributed by atoms with Gasteiger partial charge in [-0.15, -0.1) is 0 Å². The lowest BCUT2D eigenvalue weighted by Gasteiger charge is -2.17. The van der Waals surface area contributed by atoms with Crippen LogP contribution in [0.1, 0.15) is 38.4 Å². The van der Waals surface area contributed by atoms with Gasteiger partial charge in [-0.2, -0.15) is 0 Å². The molecule has 4 heteroatoms. The number of carbonyl (C=O) groups is 1. The molecule has 19 heavy (non-hydrogen) atoms. The summed E-state index contributed by atoms with van der Waals surface area (Å²) in [6.45, 7) is 3.88. The maximum Gasteiger partial charge on any atom is 0.242 e. The summed E-state index contributed by atoms with van der Waals surface area (Å²) in [7, 11) is 1.69. The van der Waals surface area contributed by atoms with Crippen molar-refractivity contribution in [2.75, 3.05) is 12.4 Å². The second kappa shape index (κ2) is 6.06. The SMILES string of the molecule is CO[C@H](C)c1cccc(N[C@H](C)C(=O)NC2CC2)c1. The topological polar surface area (TPSA) is 50.4 Å². The highest BCUT2D eigenvalue weighted by atomic mass is 16.5. The number of methoxy groups -OCH3 is 1. The Hall–Kier alpha value is -1.55. The number of nitrogens with one attached hydrogen (secondary N) is 2. The van der Waals surface area contributed by atoms with E-state index in [9.17, 15) is 4.79 Å². The molecule has 0 bridgehead atoms. The van der Waals surface area contributed by atoms with Crippen LogP contribution >= 0.6 is 0 Å². The van der Waals surface area contributed by atoms with E-state index in [-0.39, 0.29) is 18.1 Å². The molecule has 0 aliphatic heterocycles. The maximum atomic E-state index is 11.9. The second-order valence-corrected chi connectivity index (χ2v) is 5.15. The molecule has 0 spiro atoms. The first-order valence-electron chi connectivity index (χ1n) is 6.80. The molecule has 1 amide bonds. The van der Waals surface area contributed by atoms with Crippen LogP contribution in [0, 0.1) is 0 Å². The van der Waals surface area contributed by atoms with Crippen LogP contribution in [-0.4, -0.2) is 25.1 Å². The third kappa shape index (κ3) is 3.96. The van der Waals surface area contributed by atoms with Gasteiger partial charge in [0.2, 0.25) is 5.91 Å². The van der Waals surface area contributed by atoms with Crippen molar-refractivity contribution in [3.8, 4) is 0 Å². The molecule has 0 heterocycles. The number of anilines is 1. The highest BCUT2D eigenvalue weighted by molar-refractivity contribution is 5.84. The molecule has 1 saturated carbocycles. The van der Waals surface area contributed by atoms with Gasteiger partial charge in [-0.1, -0.05) is 12.1 Å². The number of benzene rings is 1. The Bertz CT molecular complexity index is 444. The van der Waals surface area contributed by atoms with Gasteiger partial charge in [-0.3, -0.25) is 4.79 Å². The Balaban J connectivity index is 1.95. The minimum atomic E-state index is -0.228. The van der Waals surface area contributed by atoms with E-state index in [1.807, 2.05) is 38.1 Å². The number of hydrogen-bond donors (Lipinski definition) is 2. The van der Waals surface area contributed by atoms with E-state index in [0.717, 1.165) is 24.1 Å². The molecule has 0 aromatic heterocycles. The van der Waals surface area contributed by atoms with Crippen molar-refractivity contribution < 1.29 is 9.53 Å². The number of carbonyl (C=O) groups excluding carboxylic acids is 1. The Morgan fingerprint density at radius 1 is 1.37 bits per heavy atom. The predicted molar refractivity (Wildman–Crippen MR) is 76.1 cm³/mol. The summed E-state index contributed by atoms with van der Waals surface area (Å²) < 4.78 is 5.30. The molecule has 2 N–H and O–H groups in total. The van der Waals surface area contributed by atoms with Gasteiger partial charge in [-0.05, 0) is 44.4 Å². The molecular weight excluding hydrogens is 240 g/mol. The average molecular weight is 262 g/mol. The van der Waals surface area contributed by atoms with Crippen LogP contribution in [0.4, 0.5) is 5.69 Å². The van der Waals surface area contributed by atoms with E-state index in [4.69, 9.17) is 4.74 Å². The first kappa shape index (κ1) is 13.9. The largest absolute Gasteiger partial charge is 0.377 e. The van der Waals surface area contributed by atoms with E-state index in [2.05, 4.69) is 10.6 Å². The molecule has 4 nitrogen and oxygen atoms in total. The molecule has 2 atom stereocenters. The van der Waals surface area contributed by atoms with Crippen LogP contribution in [0.5, 0.6) is 0 Å². The van der Waals surface area contributed by atoms with Crippen LogP contribution < -0.4 is 10.6 Å². The van der Waals surface area contributed by atoms with Gasteiger partial charge in [0.15, 0.2) is 0 Å². The molecule has 1 aromatic carbocycles. The second-order valence-electron chi connectivity index (χ2n) is 5.15. The van der Waals surface area contributed by atoms with E-state index in [1.165, 1.54) is 0 Å². The summed E-state index contributed by atoms with van der Waals surface area (Å²) in [5.41, 5.74) is 2.04. The van der Waals surface area contributed by atoms with Crippen LogP contribution in [0.15, 0.2) is 24.3 Å². The lowest BCUT2D eigenvalue weighted by molar-refractivity contribution is -0.121. The fourth-order valence-electron chi connectivity index (χ4n) is 1.89. The molecule has 0 saturated heterocycles. The van der Waals surface area contributed by atoms with E-state index < -0.39 is 0 Å². The first-order valence-corrected chi connectivity index (χ1v) is 6.80. The van der Waals surface area contributed by atoms with Crippen LogP contribution in [0.3, 0.4) is 0 Å². The van der Waals surface area contributed by atoms with E-state index in [0.29, 0.717) is 6.04 Å². The Morgan fingerprint density at radius 3 is 2.74 bits per heavy atom. The van der Waals surface area contributed by atoms with Crippen molar-refractivity contribution in [3.05, 3.63) is 29.8 Å². The smallest absolute Gasteiger partial charge is 0.242 e. The molecule has 1 fully saturated rings. The minimum absolute atomic E-state index is 0.0531. The van der Waals surface area contributed by atoms with Gasteiger partial charge in [0.25, 0.3) is 0 Å². The monoisotopic (exact) mass is 262 g/mol. The Morgan fingerprint density at radius 2 is 2.11 bits per heavy atom. The minimum Gasteiger partial charge on any atom is -0.377 e. The zero-order valence-electron chi connectivity index (χ0n) is 11.8. The van der Waals surface area contributed by atoms with Gasteiger partial charge >= 0.3 is 0 Å². The Labute approximate surface area is 114 Å². The number of amides is 1. The normalized spacial score (nSPS) is 17.6. The summed E-state index contributed by atoms with van der Waals surface area (Å²) in [6.07, 6.45) is 2.27.